The molecule has 1 N–H and O–H groups in total. The van der Waals surface area contributed by atoms with Crippen LogP contribution >= 0.6 is 11.6 Å². The Morgan fingerprint density at radius 2 is 1.86 bits per heavy atom. The molecule has 1 aromatic heterocycles. The minimum Gasteiger partial charge on any atom is -0.478 e. The van der Waals surface area contributed by atoms with Crippen LogP contribution in [0.3, 0.4) is 0 Å². The van der Waals surface area contributed by atoms with E-state index in [0.717, 1.165) is 11.4 Å². The third-order valence-electron chi connectivity index (χ3n) is 3.08. The van der Waals surface area contributed by atoms with Crippen molar-refractivity contribution in [1.82, 2.24) is 9.78 Å². The summed E-state index contributed by atoms with van der Waals surface area (Å²) < 4.78 is 1.75. The van der Waals surface area contributed by atoms with Crippen LogP contribution in [-0.2, 0) is 0 Å². The maximum absolute atomic E-state index is 11.1. The van der Waals surface area contributed by atoms with Gasteiger partial charge in [0.25, 0.3) is 0 Å². The molecule has 0 saturated heterocycles. The monoisotopic (exact) mass is 298 g/mol. The molecule has 0 aliphatic heterocycles. The first kappa shape index (κ1) is 13.4. The molecule has 0 aliphatic rings. The largest absolute Gasteiger partial charge is 0.478 e. The lowest BCUT2D eigenvalue weighted by Crippen LogP contribution is -2.00. The summed E-state index contributed by atoms with van der Waals surface area (Å²) in [6, 6.07) is 16.2. The highest BCUT2D eigenvalue weighted by Crippen LogP contribution is 2.26. The van der Waals surface area contributed by atoms with Crippen molar-refractivity contribution in [1.29, 1.82) is 0 Å². The SMILES string of the molecule is O=C(O)c1cc(Cl)cc(-c2ccnn2-c2ccccc2)c1. The highest BCUT2D eigenvalue weighted by atomic mass is 35.5. The molecule has 0 amide bonds. The minimum absolute atomic E-state index is 0.151. The second kappa shape index (κ2) is 5.42. The smallest absolute Gasteiger partial charge is 0.335 e. The number of para-hydroxylation sites is 1. The van der Waals surface area contributed by atoms with Crippen molar-refractivity contribution >= 4 is 17.6 Å². The highest BCUT2D eigenvalue weighted by Gasteiger charge is 2.12. The van der Waals surface area contributed by atoms with Crippen LogP contribution in [0.5, 0.6) is 0 Å². The molecule has 0 bridgehead atoms. The average molecular weight is 299 g/mol. The maximum atomic E-state index is 11.1. The number of carboxylic acids is 1. The molecule has 0 fully saturated rings. The van der Waals surface area contributed by atoms with Crippen molar-refractivity contribution in [2.24, 2.45) is 0 Å². The van der Waals surface area contributed by atoms with E-state index in [1.165, 1.54) is 6.07 Å². The molecule has 2 aromatic carbocycles. The van der Waals surface area contributed by atoms with Crippen LogP contribution < -0.4 is 0 Å². The van der Waals surface area contributed by atoms with Crippen molar-refractivity contribution in [2.75, 3.05) is 0 Å². The predicted molar refractivity (Wildman–Crippen MR) is 81.0 cm³/mol. The average Bonchev–Trinajstić information content (AvgIpc) is 2.97. The lowest BCUT2D eigenvalue weighted by Gasteiger charge is -2.09. The quantitative estimate of drug-likeness (QED) is 0.798. The van der Waals surface area contributed by atoms with Gasteiger partial charge in [-0.1, -0.05) is 29.8 Å². The fourth-order valence-corrected chi connectivity index (χ4v) is 2.39. The van der Waals surface area contributed by atoms with E-state index >= 15 is 0 Å². The number of aromatic nitrogens is 2. The van der Waals surface area contributed by atoms with Gasteiger partial charge in [0.1, 0.15) is 0 Å². The fraction of sp³-hybridized carbons (Fsp3) is 0. The zero-order valence-electron chi connectivity index (χ0n) is 10.9. The van der Waals surface area contributed by atoms with Crippen LogP contribution in [-0.4, -0.2) is 20.9 Å². The summed E-state index contributed by atoms with van der Waals surface area (Å²) in [5, 5.41) is 13.8. The van der Waals surface area contributed by atoms with Gasteiger partial charge in [-0.25, -0.2) is 9.48 Å². The van der Waals surface area contributed by atoms with Crippen molar-refractivity contribution in [2.45, 2.75) is 0 Å². The first-order valence-electron chi connectivity index (χ1n) is 6.29. The van der Waals surface area contributed by atoms with Crippen LogP contribution in [0.4, 0.5) is 0 Å². The normalized spacial score (nSPS) is 10.5. The summed E-state index contributed by atoms with van der Waals surface area (Å²) in [5.74, 6) is -1.01. The Balaban J connectivity index is 2.15. The Hall–Kier alpha value is -2.59. The molecule has 0 unspecified atom stereocenters. The summed E-state index contributed by atoms with van der Waals surface area (Å²) in [5.41, 5.74) is 2.54. The Morgan fingerprint density at radius 1 is 1.10 bits per heavy atom. The van der Waals surface area contributed by atoms with E-state index < -0.39 is 5.97 Å². The topological polar surface area (TPSA) is 55.1 Å². The van der Waals surface area contributed by atoms with Gasteiger partial charge in [-0.2, -0.15) is 5.10 Å². The molecule has 0 aliphatic carbocycles. The van der Waals surface area contributed by atoms with Gasteiger partial charge in [-0.3, -0.25) is 0 Å². The number of hydrogen-bond donors (Lipinski definition) is 1. The Bertz CT molecular complexity index is 797. The van der Waals surface area contributed by atoms with Crippen molar-refractivity contribution in [3.63, 3.8) is 0 Å². The van der Waals surface area contributed by atoms with Gasteiger partial charge in [0.05, 0.1) is 23.1 Å². The van der Waals surface area contributed by atoms with E-state index in [9.17, 15) is 4.79 Å². The van der Waals surface area contributed by atoms with Gasteiger partial charge >= 0.3 is 5.97 Å². The number of hydrogen-bond acceptors (Lipinski definition) is 2. The Morgan fingerprint density at radius 3 is 2.57 bits per heavy atom. The molecule has 5 heteroatoms. The molecule has 0 spiro atoms. The van der Waals surface area contributed by atoms with Crippen molar-refractivity contribution in [3.8, 4) is 16.9 Å². The van der Waals surface area contributed by atoms with Crippen LogP contribution in [0.2, 0.25) is 5.02 Å². The van der Waals surface area contributed by atoms with Gasteiger partial charge in [0, 0.05) is 10.6 Å². The molecule has 3 rings (SSSR count). The summed E-state index contributed by atoms with van der Waals surface area (Å²) in [6.45, 7) is 0. The first-order valence-corrected chi connectivity index (χ1v) is 6.66. The number of nitrogens with zero attached hydrogens (tertiary/aromatic N) is 2. The van der Waals surface area contributed by atoms with Crippen LogP contribution in [0.15, 0.2) is 60.8 Å². The number of carbonyl (C=O) groups is 1. The van der Waals surface area contributed by atoms with Gasteiger partial charge in [-0.15, -0.1) is 0 Å². The van der Waals surface area contributed by atoms with E-state index in [1.54, 1.807) is 23.0 Å². The van der Waals surface area contributed by atoms with Crippen molar-refractivity contribution < 1.29 is 9.90 Å². The molecule has 1 heterocycles. The summed E-state index contributed by atoms with van der Waals surface area (Å²) in [6.07, 6.45) is 1.67. The third kappa shape index (κ3) is 2.66. The number of aromatic carboxylic acids is 1. The highest BCUT2D eigenvalue weighted by molar-refractivity contribution is 6.31. The van der Waals surface area contributed by atoms with Crippen LogP contribution in [0.25, 0.3) is 16.9 Å². The molecule has 21 heavy (non-hydrogen) atoms. The van der Waals surface area contributed by atoms with E-state index in [1.807, 2.05) is 36.4 Å². The summed E-state index contributed by atoms with van der Waals surface area (Å²) in [4.78, 5) is 11.1. The summed E-state index contributed by atoms with van der Waals surface area (Å²) >= 11 is 6.02. The summed E-state index contributed by atoms with van der Waals surface area (Å²) in [7, 11) is 0. The zero-order valence-corrected chi connectivity index (χ0v) is 11.7. The third-order valence-corrected chi connectivity index (χ3v) is 3.30. The number of carboxylic acid groups (broad SMARTS) is 1. The standard InChI is InChI=1S/C16H11ClN2O2/c17-13-9-11(8-12(10-13)16(20)21)15-6-7-18-19(15)14-4-2-1-3-5-14/h1-10H,(H,20,21). The molecule has 4 nitrogen and oxygen atoms in total. The molecular weight excluding hydrogens is 288 g/mol. The number of rotatable bonds is 3. The van der Waals surface area contributed by atoms with Crippen LogP contribution in [0, 0.1) is 0 Å². The predicted octanol–water partition coefficient (Wildman–Crippen LogP) is 3.89. The fourth-order valence-electron chi connectivity index (χ4n) is 2.16. The number of benzene rings is 2. The zero-order chi connectivity index (χ0) is 14.8. The van der Waals surface area contributed by atoms with Gasteiger partial charge in [0.15, 0.2) is 0 Å². The van der Waals surface area contributed by atoms with Gasteiger partial charge in [0.2, 0.25) is 0 Å². The second-order valence-electron chi connectivity index (χ2n) is 4.50. The number of halogens is 1. The minimum atomic E-state index is -1.01. The molecule has 104 valence electrons. The van der Waals surface area contributed by atoms with Crippen molar-refractivity contribution in [3.05, 3.63) is 71.4 Å². The second-order valence-corrected chi connectivity index (χ2v) is 4.93. The molecule has 0 saturated carbocycles. The molecule has 0 atom stereocenters. The van der Waals surface area contributed by atoms with E-state index in [-0.39, 0.29) is 5.56 Å². The molecule has 0 radical (unpaired) electrons. The Labute approximate surface area is 126 Å². The van der Waals surface area contributed by atoms with Crippen LogP contribution in [0.1, 0.15) is 10.4 Å². The van der Waals surface area contributed by atoms with Gasteiger partial charge < -0.3 is 5.11 Å². The van der Waals surface area contributed by atoms with Gasteiger partial charge in [-0.05, 0) is 36.4 Å². The van der Waals surface area contributed by atoms with E-state index in [2.05, 4.69) is 5.10 Å². The Kier molecular flexibility index (Phi) is 3.46. The maximum Gasteiger partial charge on any atom is 0.335 e. The lowest BCUT2D eigenvalue weighted by atomic mass is 10.1. The lowest BCUT2D eigenvalue weighted by molar-refractivity contribution is 0.0697. The van der Waals surface area contributed by atoms with E-state index in [4.69, 9.17) is 16.7 Å². The molecular formula is C16H11ClN2O2. The van der Waals surface area contributed by atoms with E-state index in [0.29, 0.717) is 10.6 Å². The molecule has 3 aromatic rings. The first-order chi connectivity index (χ1) is 10.1.